The van der Waals surface area contributed by atoms with E-state index in [0.717, 1.165) is 22.9 Å². The number of rotatable bonds is 3. The molecule has 1 heterocycles. The summed E-state index contributed by atoms with van der Waals surface area (Å²) in [5, 5.41) is 10.4. The monoisotopic (exact) mass is 203 g/mol. The molecule has 0 atom stereocenters. The lowest BCUT2D eigenvalue weighted by Gasteiger charge is -1.97. The van der Waals surface area contributed by atoms with Gasteiger partial charge in [-0.05, 0) is 37.1 Å². The summed E-state index contributed by atoms with van der Waals surface area (Å²) in [6.07, 6.45) is 3.16. The maximum absolute atomic E-state index is 10.9. The largest absolute Gasteiger partial charge is 0.508 e. The predicted molar refractivity (Wildman–Crippen MR) is 59.0 cm³/mol. The number of fused-ring (bicyclic) bond motifs is 1. The van der Waals surface area contributed by atoms with E-state index in [9.17, 15) is 9.90 Å². The summed E-state index contributed by atoms with van der Waals surface area (Å²) in [6.45, 7) is 1.59. The second kappa shape index (κ2) is 3.77. The molecule has 1 aromatic heterocycles. The van der Waals surface area contributed by atoms with Gasteiger partial charge in [-0.25, -0.2) is 0 Å². The SMILES string of the molecule is CC(=O)CCc1c[nH]c2ccc(O)cc12. The number of H-pyrrole nitrogens is 1. The summed E-state index contributed by atoms with van der Waals surface area (Å²) in [5.74, 6) is 0.440. The third kappa shape index (κ3) is 2.01. The average molecular weight is 203 g/mol. The van der Waals surface area contributed by atoms with Crippen LogP contribution in [0.3, 0.4) is 0 Å². The minimum Gasteiger partial charge on any atom is -0.508 e. The van der Waals surface area contributed by atoms with Crippen molar-refractivity contribution in [3.63, 3.8) is 0 Å². The van der Waals surface area contributed by atoms with E-state index in [1.165, 1.54) is 0 Å². The van der Waals surface area contributed by atoms with Crippen molar-refractivity contribution in [3.05, 3.63) is 30.0 Å². The van der Waals surface area contributed by atoms with Gasteiger partial charge in [0.1, 0.15) is 11.5 Å². The quantitative estimate of drug-likeness (QED) is 0.804. The molecule has 2 N–H and O–H groups in total. The highest BCUT2D eigenvalue weighted by molar-refractivity contribution is 5.85. The minimum atomic E-state index is 0.185. The predicted octanol–water partition coefficient (Wildman–Crippen LogP) is 2.40. The molecule has 0 saturated heterocycles. The van der Waals surface area contributed by atoms with Crippen LogP contribution in [-0.4, -0.2) is 15.9 Å². The van der Waals surface area contributed by atoms with Gasteiger partial charge in [-0.15, -0.1) is 0 Å². The summed E-state index contributed by atoms with van der Waals surface area (Å²) in [5.41, 5.74) is 2.07. The number of phenols is 1. The molecule has 0 aliphatic carbocycles. The van der Waals surface area contributed by atoms with Crippen LogP contribution in [0.4, 0.5) is 0 Å². The topological polar surface area (TPSA) is 53.1 Å². The van der Waals surface area contributed by atoms with Crippen LogP contribution in [0.25, 0.3) is 10.9 Å². The van der Waals surface area contributed by atoms with Crippen LogP contribution in [0, 0.1) is 0 Å². The second-order valence-electron chi connectivity index (χ2n) is 3.75. The summed E-state index contributed by atoms with van der Waals surface area (Å²) in [7, 11) is 0. The van der Waals surface area contributed by atoms with Gasteiger partial charge in [-0.3, -0.25) is 0 Å². The first kappa shape index (κ1) is 9.77. The molecule has 0 amide bonds. The van der Waals surface area contributed by atoms with Crippen molar-refractivity contribution in [1.82, 2.24) is 4.98 Å². The molecule has 1 aromatic carbocycles. The fraction of sp³-hybridized carbons (Fsp3) is 0.250. The molecule has 3 nitrogen and oxygen atoms in total. The number of ketones is 1. The third-order valence-electron chi connectivity index (χ3n) is 2.50. The number of Topliss-reactive ketones (excluding diaryl/α,β-unsaturated/α-hetero) is 1. The molecule has 2 rings (SSSR count). The molecular formula is C12H13NO2. The number of carbonyl (C=O) groups is 1. The van der Waals surface area contributed by atoms with Crippen molar-refractivity contribution in [2.45, 2.75) is 19.8 Å². The van der Waals surface area contributed by atoms with Crippen LogP contribution in [0.5, 0.6) is 5.75 Å². The zero-order valence-corrected chi connectivity index (χ0v) is 8.58. The number of nitrogens with one attached hydrogen (secondary N) is 1. The third-order valence-corrected chi connectivity index (χ3v) is 2.50. The van der Waals surface area contributed by atoms with Gasteiger partial charge >= 0.3 is 0 Å². The van der Waals surface area contributed by atoms with Crippen LogP contribution in [-0.2, 0) is 11.2 Å². The molecule has 15 heavy (non-hydrogen) atoms. The lowest BCUT2D eigenvalue weighted by Crippen LogP contribution is -1.92. The summed E-state index contributed by atoms with van der Waals surface area (Å²) in [6, 6.07) is 5.21. The number of carbonyl (C=O) groups excluding carboxylic acids is 1. The number of aromatic nitrogens is 1. The summed E-state index contributed by atoms with van der Waals surface area (Å²) in [4.78, 5) is 14.0. The van der Waals surface area contributed by atoms with Gasteiger partial charge in [0.05, 0.1) is 0 Å². The number of benzene rings is 1. The molecule has 0 aliphatic heterocycles. The highest BCUT2D eigenvalue weighted by Gasteiger charge is 2.05. The highest BCUT2D eigenvalue weighted by atomic mass is 16.3. The molecular weight excluding hydrogens is 190 g/mol. The fourth-order valence-electron chi connectivity index (χ4n) is 1.68. The Morgan fingerprint density at radius 2 is 2.27 bits per heavy atom. The summed E-state index contributed by atoms with van der Waals surface area (Å²) < 4.78 is 0. The molecule has 0 unspecified atom stereocenters. The average Bonchev–Trinajstić information content (AvgIpc) is 2.57. The van der Waals surface area contributed by atoms with E-state index in [0.29, 0.717) is 6.42 Å². The second-order valence-corrected chi connectivity index (χ2v) is 3.75. The molecule has 0 fully saturated rings. The van der Waals surface area contributed by atoms with Crippen LogP contribution in [0.2, 0.25) is 0 Å². The van der Waals surface area contributed by atoms with E-state index >= 15 is 0 Å². The van der Waals surface area contributed by atoms with Gasteiger partial charge in [-0.2, -0.15) is 0 Å². The Morgan fingerprint density at radius 3 is 3.00 bits per heavy atom. The van der Waals surface area contributed by atoms with Crippen molar-refractivity contribution < 1.29 is 9.90 Å². The van der Waals surface area contributed by atoms with Crippen molar-refractivity contribution >= 4 is 16.7 Å². The first-order chi connectivity index (χ1) is 7.16. The molecule has 78 valence electrons. The smallest absolute Gasteiger partial charge is 0.130 e. The molecule has 3 heteroatoms. The Hall–Kier alpha value is -1.77. The van der Waals surface area contributed by atoms with Crippen LogP contribution < -0.4 is 0 Å². The normalized spacial score (nSPS) is 10.7. The van der Waals surface area contributed by atoms with Crippen molar-refractivity contribution in [1.29, 1.82) is 0 Å². The lowest BCUT2D eigenvalue weighted by molar-refractivity contribution is -0.116. The fourth-order valence-corrected chi connectivity index (χ4v) is 1.68. The number of aromatic hydroxyl groups is 1. The van der Waals surface area contributed by atoms with Gasteiger partial charge in [0.15, 0.2) is 0 Å². The number of aromatic amines is 1. The molecule has 0 aliphatic rings. The Kier molecular flexibility index (Phi) is 2.46. The van der Waals surface area contributed by atoms with Gasteiger partial charge in [0.2, 0.25) is 0 Å². The van der Waals surface area contributed by atoms with E-state index in [4.69, 9.17) is 0 Å². The first-order valence-electron chi connectivity index (χ1n) is 4.95. The van der Waals surface area contributed by atoms with E-state index in [2.05, 4.69) is 4.98 Å². The van der Waals surface area contributed by atoms with E-state index in [-0.39, 0.29) is 11.5 Å². The number of hydrogen-bond donors (Lipinski definition) is 2. The maximum Gasteiger partial charge on any atom is 0.130 e. The minimum absolute atomic E-state index is 0.185. The van der Waals surface area contributed by atoms with Crippen molar-refractivity contribution in [3.8, 4) is 5.75 Å². The Morgan fingerprint density at radius 1 is 1.47 bits per heavy atom. The lowest BCUT2D eigenvalue weighted by atomic mass is 10.1. The van der Waals surface area contributed by atoms with E-state index in [1.807, 2.05) is 12.3 Å². The van der Waals surface area contributed by atoms with Gasteiger partial charge in [-0.1, -0.05) is 0 Å². The Bertz CT molecular complexity index is 499. The Labute approximate surface area is 87.7 Å². The number of phenolic OH excluding ortho intramolecular Hbond substituents is 1. The maximum atomic E-state index is 10.9. The zero-order chi connectivity index (χ0) is 10.8. The molecule has 0 spiro atoms. The van der Waals surface area contributed by atoms with E-state index in [1.54, 1.807) is 19.1 Å². The molecule has 2 aromatic rings. The van der Waals surface area contributed by atoms with Gasteiger partial charge in [0, 0.05) is 23.5 Å². The molecule has 0 bridgehead atoms. The van der Waals surface area contributed by atoms with Gasteiger partial charge in [0.25, 0.3) is 0 Å². The van der Waals surface area contributed by atoms with E-state index < -0.39 is 0 Å². The van der Waals surface area contributed by atoms with Crippen molar-refractivity contribution in [2.75, 3.05) is 0 Å². The molecule has 0 radical (unpaired) electrons. The number of aryl methyl sites for hydroxylation is 1. The van der Waals surface area contributed by atoms with Crippen LogP contribution in [0.1, 0.15) is 18.9 Å². The Balaban J connectivity index is 2.35. The molecule has 0 saturated carbocycles. The van der Waals surface area contributed by atoms with Crippen LogP contribution >= 0.6 is 0 Å². The summed E-state index contributed by atoms with van der Waals surface area (Å²) >= 11 is 0. The highest BCUT2D eigenvalue weighted by Crippen LogP contribution is 2.23. The first-order valence-corrected chi connectivity index (χ1v) is 4.95. The van der Waals surface area contributed by atoms with Gasteiger partial charge < -0.3 is 14.9 Å². The number of hydrogen-bond acceptors (Lipinski definition) is 2. The van der Waals surface area contributed by atoms with Crippen LogP contribution in [0.15, 0.2) is 24.4 Å². The van der Waals surface area contributed by atoms with Crippen molar-refractivity contribution in [2.24, 2.45) is 0 Å². The standard InChI is InChI=1S/C12H13NO2/c1-8(14)2-3-9-7-13-12-5-4-10(15)6-11(9)12/h4-7,13,15H,2-3H2,1H3. The zero-order valence-electron chi connectivity index (χ0n) is 8.58.